The van der Waals surface area contributed by atoms with E-state index in [1.807, 2.05) is 13.2 Å². The molecule has 8 heavy (non-hydrogen) atoms. The second-order valence-electron chi connectivity index (χ2n) is 0.994. The van der Waals surface area contributed by atoms with Gasteiger partial charge in [0.2, 0.25) is 0 Å². The predicted octanol–water partition coefficient (Wildman–Crippen LogP) is 1.76. The Balaban J connectivity index is 3.13. The highest BCUT2D eigenvalue weighted by Gasteiger charge is 1.63. The lowest BCUT2D eigenvalue weighted by atomic mass is 10.8. The lowest BCUT2D eigenvalue weighted by molar-refractivity contribution is 1.13. The highest BCUT2D eigenvalue weighted by atomic mass is 32.2. The van der Waals surface area contributed by atoms with E-state index in [1.165, 1.54) is 18.3 Å². The van der Waals surface area contributed by atoms with Crippen molar-refractivity contribution in [2.45, 2.75) is 6.92 Å². The van der Waals surface area contributed by atoms with Crippen molar-refractivity contribution in [3.8, 4) is 0 Å². The average molecular weight is 131 g/mol. The molecular formula is C4H9N3S. The van der Waals surface area contributed by atoms with Gasteiger partial charge in [-0.05, 0) is 18.9 Å². The maximum atomic E-state index is 3.81. The topological polar surface area (TPSA) is 37.1 Å². The highest BCUT2D eigenvalue weighted by Crippen LogP contribution is 1.91. The van der Waals surface area contributed by atoms with Crippen molar-refractivity contribution < 1.29 is 0 Å². The smallest absolute Gasteiger partial charge is 0.133 e. The van der Waals surface area contributed by atoms with Crippen molar-refractivity contribution in [3.63, 3.8) is 0 Å². The van der Waals surface area contributed by atoms with E-state index in [2.05, 4.69) is 14.6 Å². The number of aliphatic imine (C=N–C) groups is 1. The van der Waals surface area contributed by atoms with Crippen LogP contribution in [0.4, 0.5) is 0 Å². The summed E-state index contributed by atoms with van der Waals surface area (Å²) < 4.78 is 3.60. The minimum Gasteiger partial charge on any atom is -0.272 e. The molecule has 0 spiro atoms. The molecule has 0 saturated heterocycles. The zero-order chi connectivity index (χ0) is 6.24. The van der Waals surface area contributed by atoms with E-state index in [4.69, 9.17) is 0 Å². The van der Waals surface area contributed by atoms with Gasteiger partial charge in [0, 0.05) is 12.8 Å². The number of hydrogen-bond donors (Lipinski definition) is 0. The first-order valence-electron chi connectivity index (χ1n) is 2.33. The van der Waals surface area contributed by atoms with Crippen LogP contribution in [0.25, 0.3) is 0 Å². The Morgan fingerprint density at radius 2 is 2.38 bits per heavy atom. The lowest BCUT2D eigenvalue weighted by Crippen LogP contribution is -1.66. The van der Waals surface area contributed by atoms with Crippen LogP contribution >= 0.6 is 11.9 Å². The van der Waals surface area contributed by atoms with E-state index >= 15 is 0 Å². The molecular weight excluding hydrogens is 122 g/mol. The van der Waals surface area contributed by atoms with Crippen LogP contribution in [0.5, 0.6) is 0 Å². The Labute approximate surface area is 53.4 Å². The SMILES string of the molecule is CCN=CN=NSC. The van der Waals surface area contributed by atoms with E-state index in [-0.39, 0.29) is 0 Å². The molecule has 0 heterocycles. The third-order valence-electron chi connectivity index (χ3n) is 0.445. The van der Waals surface area contributed by atoms with Gasteiger partial charge in [-0.3, -0.25) is 4.99 Å². The Morgan fingerprint density at radius 1 is 1.62 bits per heavy atom. The fourth-order valence-corrected chi connectivity index (χ4v) is 0.323. The molecule has 4 heteroatoms. The highest BCUT2D eigenvalue weighted by molar-refractivity contribution is 7.97. The zero-order valence-electron chi connectivity index (χ0n) is 5.03. The Bertz CT molecular complexity index is 77.3. The van der Waals surface area contributed by atoms with Crippen molar-refractivity contribution in [3.05, 3.63) is 0 Å². The molecule has 0 bridgehead atoms. The second kappa shape index (κ2) is 6.62. The van der Waals surface area contributed by atoms with Crippen molar-refractivity contribution in [1.82, 2.24) is 0 Å². The minimum absolute atomic E-state index is 0.771. The summed E-state index contributed by atoms with van der Waals surface area (Å²) in [4.78, 5) is 3.81. The minimum atomic E-state index is 0.771. The second-order valence-corrected chi connectivity index (χ2v) is 1.52. The zero-order valence-corrected chi connectivity index (χ0v) is 5.85. The molecule has 3 nitrogen and oxygen atoms in total. The van der Waals surface area contributed by atoms with Crippen molar-refractivity contribution in [2.24, 2.45) is 14.6 Å². The number of rotatable bonds is 3. The van der Waals surface area contributed by atoms with Gasteiger partial charge >= 0.3 is 0 Å². The Hall–Kier alpha value is -0.380. The van der Waals surface area contributed by atoms with Crippen LogP contribution in [-0.2, 0) is 0 Å². The first-order valence-corrected chi connectivity index (χ1v) is 3.51. The molecule has 0 rings (SSSR count). The molecule has 0 unspecified atom stereocenters. The van der Waals surface area contributed by atoms with Gasteiger partial charge < -0.3 is 0 Å². The van der Waals surface area contributed by atoms with Gasteiger partial charge in [-0.1, -0.05) is 0 Å². The molecule has 0 N–H and O–H groups in total. The van der Waals surface area contributed by atoms with E-state index in [9.17, 15) is 0 Å². The van der Waals surface area contributed by atoms with Gasteiger partial charge in [-0.2, -0.15) is 0 Å². The number of nitrogens with zero attached hydrogens (tertiary/aromatic N) is 3. The van der Waals surface area contributed by atoms with Gasteiger partial charge in [-0.15, -0.1) is 9.63 Å². The van der Waals surface area contributed by atoms with Crippen LogP contribution in [0, 0.1) is 0 Å². The lowest BCUT2D eigenvalue weighted by Gasteiger charge is -1.74. The normalized spacial score (nSPS) is 11.8. The molecule has 0 saturated carbocycles. The van der Waals surface area contributed by atoms with Crippen LogP contribution in [0.3, 0.4) is 0 Å². The predicted molar refractivity (Wildman–Crippen MR) is 37.4 cm³/mol. The Kier molecular flexibility index (Phi) is 6.31. The van der Waals surface area contributed by atoms with Gasteiger partial charge in [0.15, 0.2) is 0 Å². The van der Waals surface area contributed by atoms with E-state index in [1.54, 1.807) is 0 Å². The first kappa shape index (κ1) is 7.62. The van der Waals surface area contributed by atoms with E-state index < -0.39 is 0 Å². The van der Waals surface area contributed by atoms with Gasteiger partial charge in [-0.25, -0.2) is 0 Å². The molecule has 0 aromatic heterocycles. The maximum Gasteiger partial charge on any atom is 0.133 e. The van der Waals surface area contributed by atoms with Crippen molar-refractivity contribution >= 4 is 18.3 Å². The third kappa shape index (κ3) is 5.62. The molecule has 0 amide bonds. The van der Waals surface area contributed by atoms with Crippen LogP contribution in [0.15, 0.2) is 14.6 Å². The quantitative estimate of drug-likeness (QED) is 0.249. The molecule has 0 aliphatic carbocycles. The van der Waals surface area contributed by atoms with Gasteiger partial charge in [0.1, 0.15) is 6.34 Å². The van der Waals surface area contributed by atoms with Crippen LogP contribution in [-0.4, -0.2) is 19.1 Å². The van der Waals surface area contributed by atoms with Crippen LogP contribution in [0.2, 0.25) is 0 Å². The van der Waals surface area contributed by atoms with Gasteiger partial charge in [0.05, 0.1) is 0 Å². The van der Waals surface area contributed by atoms with Gasteiger partial charge in [0.25, 0.3) is 0 Å². The van der Waals surface area contributed by atoms with Crippen LogP contribution in [0.1, 0.15) is 6.92 Å². The monoisotopic (exact) mass is 131 g/mol. The summed E-state index contributed by atoms with van der Waals surface area (Å²) in [5.74, 6) is 0. The standard InChI is InChI=1S/C4H9N3S/c1-3-5-4-6-7-8-2/h4H,3H2,1-2H3. The fourth-order valence-electron chi connectivity index (χ4n) is 0.186. The van der Waals surface area contributed by atoms with Crippen molar-refractivity contribution in [1.29, 1.82) is 0 Å². The van der Waals surface area contributed by atoms with E-state index in [0.717, 1.165) is 6.54 Å². The molecule has 0 fully saturated rings. The summed E-state index contributed by atoms with van der Waals surface area (Å²) in [6, 6.07) is 0. The summed E-state index contributed by atoms with van der Waals surface area (Å²) in [5.41, 5.74) is 0. The first-order chi connectivity index (χ1) is 3.91. The summed E-state index contributed by atoms with van der Waals surface area (Å²) >= 11 is 1.32. The van der Waals surface area contributed by atoms with Crippen molar-refractivity contribution in [2.75, 3.05) is 12.8 Å². The summed E-state index contributed by atoms with van der Waals surface area (Å²) in [6.07, 6.45) is 3.31. The summed E-state index contributed by atoms with van der Waals surface area (Å²) in [7, 11) is 0. The molecule has 0 aliphatic heterocycles. The Morgan fingerprint density at radius 3 is 2.88 bits per heavy atom. The maximum absolute atomic E-state index is 3.81. The molecule has 0 atom stereocenters. The third-order valence-corrected chi connectivity index (χ3v) is 0.702. The molecule has 0 aromatic rings. The molecule has 0 aliphatic rings. The molecule has 0 radical (unpaired) electrons. The molecule has 0 aromatic carbocycles. The van der Waals surface area contributed by atoms with Crippen LogP contribution < -0.4 is 0 Å². The average Bonchev–Trinajstić information content (AvgIpc) is 1.81. The summed E-state index contributed by atoms with van der Waals surface area (Å²) in [5, 5.41) is 3.58. The summed E-state index contributed by atoms with van der Waals surface area (Å²) in [6.45, 7) is 2.72. The molecule has 46 valence electrons. The fraction of sp³-hybridized carbons (Fsp3) is 0.750. The largest absolute Gasteiger partial charge is 0.272 e. The van der Waals surface area contributed by atoms with E-state index in [0.29, 0.717) is 0 Å². The number of hydrogen-bond acceptors (Lipinski definition) is 3.